The number of nitrogens with zero attached hydrogens (tertiary/aromatic N) is 1. The van der Waals surface area contributed by atoms with Gasteiger partial charge in [0.25, 0.3) is 0 Å². The smallest absolute Gasteiger partial charge is 0.407 e. The van der Waals surface area contributed by atoms with Crippen molar-refractivity contribution in [1.29, 1.82) is 0 Å². The van der Waals surface area contributed by atoms with E-state index in [2.05, 4.69) is 10.2 Å². The van der Waals surface area contributed by atoms with Crippen molar-refractivity contribution in [2.24, 2.45) is 5.92 Å². The maximum Gasteiger partial charge on any atom is 0.407 e. The van der Waals surface area contributed by atoms with E-state index < -0.39 is 11.7 Å². The van der Waals surface area contributed by atoms with Gasteiger partial charge < -0.3 is 15.0 Å². The Bertz CT molecular complexity index is 415. The first-order valence-corrected chi connectivity index (χ1v) is 9.13. The van der Waals surface area contributed by atoms with Crippen LogP contribution in [0.2, 0.25) is 0 Å². The van der Waals surface area contributed by atoms with Crippen LogP contribution in [0.3, 0.4) is 0 Å². The van der Waals surface area contributed by atoms with Crippen molar-refractivity contribution in [3.05, 3.63) is 0 Å². The van der Waals surface area contributed by atoms with Gasteiger partial charge in [-0.1, -0.05) is 12.8 Å². The van der Waals surface area contributed by atoms with Crippen molar-refractivity contribution in [3.8, 4) is 0 Å². The molecule has 2 amide bonds. The Hall–Kier alpha value is -1.26. The van der Waals surface area contributed by atoms with Crippen LogP contribution >= 0.6 is 0 Å². The van der Waals surface area contributed by atoms with E-state index in [0.29, 0.717) is 25.4 Å². The molecule has 2 aliphatic rings. The Morgan fingerprint density at radius 1 is 1.13 bits per heavy atom. The van der Waals surface area contributed by atoms with Gasteiger partial charge in [-0.3, -0.25) is 4.79 Å². The van der Waals surface area contributed by atoms with Crippen LogP contribution in [0.15, 0.2) is 0 Å². The molecule has 0 aromatic heterocycles. The van der Waals surface area contributed by atoms with Gasteiger partial charge in [0, 0.05) is 25.6 Å². The van der Waals surface area contributed by atoms with E-state index in [-0.39, 0.29) is 5.91 Å². The number of ether oxygens (including phenoxy) is 1. The Labute approximate surface area is 140 Å². The number of likely N-dealkylation sites (tertiary alicyclic amines) is 1. The summed E-state index contributed by atoms with van der Waals surface area (Å²) in [6.45, 7) is 6.93. The molecule has 0 aromatic carbocycles. The van der Waals surface area contributed by atoms with Crippen molar-refractivity contribution in [2.45, 2.75) is 83.8 Å². The van der Waals surface area contributed by atoms with Crippen LogP contribution in [-0.2, 0) is 9.53 Å². The zero-order valence-corrected chi connectivity index (χ0v) is 14.9. The number of alkyl carbamates (subject to hydrolysis) is 1. The summed E-state index contributed by atoms with van der Waals surface area (Å²) in [5.41, 5.74) is -0.482. The Balaban J connectivity index is 1.69. The van der Waals surface area contributed by atoms with Crippen molar-refractivity contribution < 1.29 is 14.3 Å². The molecule has 2 unspecified atom stereocenters. The average molecular weight is 324 g/mol. The molecule has 2 rings (SSSR count). The summed E-state index contributed by atoms with van der Waals surface area (Å²) < 4.78 is 5.19. The van der Waals surface area contributed by atoms with Gasteiger partial charge in [0.2, 0.25) is 5.91 Å². The number of hydrogen-bond donors (Lipinski definition) is 1. The third-order valence-corrected chi connectivity index (χ3v) is 4.80. The minimum atomic E-state index is -0.482. The summed E-state index contributed by atoms with van der Waals surface area (Å²) in [6, 6.07) is 0.476. The lowest BCUT2D eigenvalue weighted by atomic mass is 9.78. The van der Waals surface area contributed by atoms with Gasteiger partial charge in [0.05, 0.1) is 0 Å². The van der Waals surface area contributed by atoms with Crippen molar-refractivity contribution in [3.63, 3.8) is 0 Å². The predicted octanol–water partition coefficient (Wildman–Crippen LogP) is 3.47. The molecule has 0 bridgehead atoms. The second-order valence-electron chi connectivity index (χ2n) is 7.87. The molecule has 5 heteroatoms. The topological polar surface area (TPSA) is 58.6 Å². The molecular formula is C18H32N2O3. The molecule has 1 saturated heterocycles. The molecule has 23 heavy (non-hydrogen) atoms. The fourth-order valence-corrected chi connectivity index (χ4v) is 3.82. The lowest BCUT2D eigenvalue weighted by Crippen LogP contribution is -2.49. The van der Waals surface area contributed by atoms with E-state index in [0.717, 1.165) is 18.9 Å². The molecule has 1 aliphatic heterocycles. The lowest BCUT2D eigenvalue weighted by molar-refractivity contribution is -0.137. The highest BCUT2D eigenvalue weighted by Crippen LogP contribution is 2.35. The van der Waals surface area contributed by atoms with Gasteiger partial charge >= 0.3 is 6.09 Å². The molecule has 1 saturated carbocycles. The Morgan fingerprint density at radius 2 is 1.83 bits per heavy atom. The minimum Gasteiger partial charge on any atom is -0.444 e. The first-order chi connectivity index (χ1) is 10.9. The molecule has 0 radical (unpaired) electrons. The third-order valence-electron chi connectivity index (χ3n) is 4.80. The number of nitrogens with one attached hydrogen (secondary N) is 1. The van der Waals surface area contributed by atoms with Crippen LogP contribution in [0, 0.1) is 5.92 Å². The standard InChI is InChI=1S/C18H32N2O3/c1-18(2,3)23-17(22)19-12-6-11-16(21)20-13-7-9-14-8-4-5-10-15(14)20/h14-15H,4-13H2,1-3H3,(H,19,22). The zero-order valence-electron chi connectivity index (χ0n) is 14.9. The van der Waals surface area contributed by atoms with Crippen LogP contribution in [0.4, 0.5) is 4.79 Å². The normalized spacial score (nSPS) is 24.7. The molecule has 0 spiro atoms. The number of carbonyl (C=O) groups excluding carboxylic acids is 2. The molecule has 0 aromatic rings. The first kappa shape index (κ1) is 18.1. The van der Waals surface area contributed by atoms with Crippen LogP contribution in [-0.4, -0.2) is 41.6 Å². The first-order valence-electron chi connectivity index (χ1n) is 9.13. The number of rotatable bonds is 4. The molecule has 132 valence electrons. The van der Waals surface area contributed by atoms with Gasteiger partial charge in [-0.05, 0) is 58.8 Å². The number of fused-ring (bicyclic) bond motifs is 1. The van der Waals surface area contributed by atoms with Crippen LogP contribution < -0.4 is 5.32 Å². The fraction of sp³-hybridized carbons (Fsp3) is 0.889. The summed E-state index contributed by atoms with van der Waals surface area (Å²) in [7, 11) is 0. The lowest BCUT2D eigenvalue weighted by Gasteiger charge is -2.44. The molecule has 1 N–H and O–H groups in total. The van der Waals surface area contributed by atoms with E-state index in [1.807, 2.05) is 20.8 Å². The molecule has 5 nitrogen and oxygen atoms in total. The highest BCUT2D eigenvalue weighted by atomic mass is 16.6. The van der Waals surface area contributed by atoms with E-state index >= 15 is 0 Å². The van der Waals surface area contributed by atoms with Gasteiger partial charge in [-0.15, -0.1) is 0 Å². The van der Waals surface area contributed by atoms with Gasteiger partial charge in [-0.2, -0.15) is 0 Å². The second-order valence-corrected chi connectivity index (χ2v) is 7.87. The number of hydrogen-bond acceptors (Lipinski definition) is 3. The summed E-state index contributed by atoms with van der Waals surface area (Å²) in [5, 5.41) is 2.72. The van der Waals surface area contributed by atoms with Crippen LogP contribution in [0.1, 0.15) is 72.1 Å². The predicted molar refractivity (Wildman–Crippen MR) is 90.2 cm³/mol. The van der Waals surface area contributed by atoms with Crippen LogP contribution in [0.5, 0.6) is 0 Å². The molecule has 1 aliphatic carbocycles. The average Bonchev–Trinajstić information content (AvgIpc) is 2.49. The second kappa shape index (κ2) is 8.02. The Kier molecular flexibility index (Phi) is 6.31. The third kappa shape index (κ3) is 5.70. The van der Waals surface area contributed by atoms with Gasteiger partial charge in [-0.25, -0.2) is 4.79 Å². The molecule has 2 atom stereocenters. The summed E-state index contributed by atoms with van der Waals surface area (Å²) in [4.78, 5) is 26.2. The SMILES string of the molecule is CC(C)(C)OC(=O)NCCCC(=O)N1CCCC2CCCCC21. The van der Waals surface area contributed by atoms with Crippen molar-refractivity contribution in [1.82, 2.24) is 10.2 Å². The number of amides is 2. The minimum absolute atomic E-state index is 0.257. The van der Waals surface area contributed by atoms with E-state index in [1.165, 1.54) is 32.1 Å². The van der Waals surface area contributed by atoms with E-state index in [9.17, 15) is 9.59 Å². The number of piperidine rings is 1. The maximum atomic E-state index is 12.5. The highest BCUT2D eigenvalue weighted by Gasteiger charge is 2.35. The Morgan fingerprint density at radius 3 is 2.57 bits per heavy atom. The quantitative estimate of drug-likeness (QED) is 0.806. The van der Waals surface area contributed by atoms with E-state index in [1.54, 1.807) is 0 Å². The van der Waals surface area contributed by atoms with Crippen molar-refractivity contribution >= 4 is 12.0 Å². The van der Waals surface area contributed by atoms with Crippen molar-refractivity contribution in [2.75, 3.05) is 13.1 Å². The fourth-order valence-electron chi connectivity index (χ4n) is 3.82. The number of carbonyl (C=O) groups is 2. The summed E-state index contributed by atoms with van der Waals surface area (Å²) in [5.74, 6) is 0.980. The molecule has 2 fully saturated rings. The van der Waals surface area contributed by atoms with Gasteiger partial charge in [0.1, 0.15) is 5.60 Å². The highest BCUT2D eigenvalue weighted by molar-refractivity contribution is 5.76. The van der Waals surface area contributed by atoms with Crippen LogP contribution in [0.25, 0.3) is 0 Å². The molecular weight excluding hydrogens is 292 g/mol. The van der Waals surface area contributed by atoms with E-state index in [4.69, 9.17) is 4.74 Å². The monoisotopic (exact) mass is 324 g/mol. The maximum absolute atomic E-state index is 12.5. The van der Waals surface area contributed by atoms with Gasteiger partial charge in [0.15, 0.2) is 0 Å². The zero-order chi connectivity index (χ0) is 16.9. The summed E-state index contributed by atoms with van der Waals surface area (Å²) in [6.07, 6.45) is 8.24. The molecule has 1 heterocycles. The largest absolute Gasteiger partial charge is 0.444 e. The summed E-state index contributed by atoms with van der Waals surface area (Å²) >= 11 is 0.